The van der Waals surface area contributed by atoms with E-state index in [9.17, 15) is 4.79 Å². The number of piperazine rings is 1. The number of hydrogen-bond donors (Lipinski definition) is 0. The van der Waals surface area contributed by atoms with Gasteiger partial charge in [-0.3, -0.25) is 9.69 Å². The molecule has 0 radical (unpaired) electrons. The van der Waals surface area contributed by atoms with Gasteiger partial charge in [-0.15, -0.1) is 0 Å². The Labute approximate surface area is 191 Å². The number of rotatable bonds is 6. The zero-order valence-electron chi connectivity index (χ0n) is 19.7. The van der Waals surface area contributed by atoms with E-state index in [0.717, 1.165) is 55.3 Å². The van der Waals surface area contributed by atoms with Gasteiger partial charge in [0.1, 0.15) is 5.75 Å². The average Bonchev–Trinajstić information content (AvgIpc) is 3.26. The Bertz CT molecular complexity index is 995. The molecule has 170 valence electrons. The van der Waals surface area contributed by atoms with Gasteiger partial charge in [-0.05, 0) is 38.1 Å². The number of nitrogens with zero attached hydrogens (tertiary/aromatic N) is 4. The molecule has 2 aromatic carbocycles. The largest absolute Gasteiger partial charge is 0.496 e. The SMILES string of the molecule is CCN1CCN(CC(=O)N2N=C(c3cc(C)ccc3C)CC2c2ccccc2OC)CC1. The molecule has 1 amide bonds. The van der Waals surface area contributed by atoms with Crippen molar-refractivity contribution in [2.24, 2.45) is 5.10 Å². The topological polar surface area (TPSA) is 48.4 Å². The molecular formula is C26H34N4O2. The molecule has 6 heteroatoms. The number of amides is 1. The van der Waals surface area contributed by atoms with Gasteiger partial charge in [0.25, 0.3) is 5.91 Å². The predicted octanol–water partition coefficient (Wildman–Crippen LogP) is 3.63. The number of likely N-dealkylation sites (N-methyl/N-ethyl adjacent to an activating group) is 1. The molecule has 6 nitrogen and oxygen atoms in total. The molecule has 2 aliphatic rings. The summed E-state index contributed by atoms with van der Waals surface area (Å²) in [6, 6.07) is 14.2. The van der Waals surface area contributed by atoms with Gasteiger partial charge in [-0.2, -0.15) is 5.10 Å². The van der Waals surface area contributed by atoms with Gasteiger partial charge in [0.15, 0.2) is 0 Å². The summed E-state index contributed by atoms with van der Waals surface area (Å²) in [4.78, 5) is 18.2. The lowest BCUT2D eigenvalue weighted by Gasteiger charge is -2.34. The van der Waals surface area contributed by atoms with Crippen molar-refractivity contribution in [2.45, 2.75) is 33.2 Å². The number of carbonyl (C=O) groups is 1. The number of carbonyl (C=O) groups excluding carboxylic acids is 1. The van der Waals surface area contributed by atoms with Crippen LogP contribution in [0, 0.1) is 13.8 Å². The third-order valence-corrected chi connectivity index (χ3v) is 6.64. The van der Waals surface area contributed by atoms with Crippen molar-refractivity contribution >= 4 is 11.6 Å². The van der Waals surface area contributed by atoms with Gasteiger partial charge in [0.2, 0.25) is 0 Å². The van der Waals surface area contributed by atoms with Gasteiger partial charge in [0.05, 0.1) is 25.4 Å². The fraction of sp³-hybridized carbons (Fsp3) is 0.462. The normalized spacial score (nSPS) is 19.8. The highest BCUT2D eigenvalue weighted by molar-refractivity contribution is 6.04. The maximum atomic E-state index is 13.5. The molecule has 2 aromatic rings. The zero-order valence-corrected chi connectivity index (χ0v) is 19.7. The Balaban J connectivity index is 1.62. The number of ether oxygens (including phenoxy) is 1. The van der Waals surface area contributed by atoms with Crippen LogP contribution in [0.3, 0.4) is 0 Å². The first-order valence-corrected chi connectivity index (χ1v) is 11.5. The third kappa shape index (κ3) is 4.71. The summed E-state index contributed by atoms with van der Waals surface area (Å²) in [5, 5.41) is 6.61. The predicted molar refractivity (Wildman–Crippen MR) is 128 cm³/mol. The van der Waals surface area contributed by atoms with Crippen molar-refractivity contribution in [2.75, 3.05) is 46.4 Å². The standard InChI is InChI=1S/C26H34N4O2/c1-5-28-12-14-29(15-13-28)18-26(31)30-24(21-8-6-7-9-25(21)32-4)17-23(27-30)22-16-19(2)10-11-20(22)3/h6-11,16,24H,5,12-15,17-18H2,1-4H3. The summed E-state index contributed by atoms with van der Waals surface area (Å²) in [5.74, 6) is 0.843. The highest BCUT2D eigenvalue weighted by Crippen LogP contribution is 2.38. The van der Waals surface area contributed by atoms with Gasteiger partial charge in [-0.1, -0.05) is 42.8 Å². The molecular weight excluding hydrogens is 400 g/mol. The summed E-state index contributed by atoms with van der Waals surface area (Å²) >= 11 is 0. The number of hydrazone groups is 1. The second kappa shape index (κ2) is 9.84. The molecule has 4 rings (SSSR count). The number of methoxy groups -OCH3 is 1. The minimum absolute atomic E-state index is 0.0474. The lowest BCUT2D eigenvalue weighted by Crippen LogP contribution is -2.49. The highest BCUT2D eigenvalue weighted by Gasteiger charge is 2.36. The summed E-state index contributed by atoms with van der Waals surface area (Å²) in [6.45, 7) is 11.7. The lowest BCUT2D eigenvalue weighted by atomic mass is 9.94. The second-order valence-electron chi connectivity index (χ2n) is 8.78. The van der Waals surface area contributed by atoms with E-state index in [1.54, 1.807) is 12.1 Å². The quantitative estimate of drug-likeness (QED) is 0.697. The van der Waals surface area contributed by atoms with E-state index in [2.05, 4.69) is 48.8 Å². The summed E-state index contributed by atoms with van der Waals surface area (Å²) in [7, 11) is 1.68. The Kier molecular flexibility index (Phi) is 6.92. The van der Waals surface area contributed by atoms with Crippen LogP contribution in [-0.4, -0.2) is 72.8 Å². The van der Waals surface area contributed by atoms with E-state index in [1.165, 1.54) is 11.1 Å². The minimum atomic E-state index is -0.162. The number of aryl methyl sites for hydroxylation is 2. The molecule has 1 atom stereocenters. The van der Waals surface area contributed by atoms with Crippen LogP contribution in [0.4, 0.5) is 0 Å². The molecule has 0 bridgehead atoms. The molecule has 32 heavy (non-hydrogen) atoms. The molecule has 0 spiro atoms. The van der Waals surface area contributed by atoms with Crippen LogP contribution in [-0.2, 0) is 4.79 Å². The summed E-state index contributed by atoms with van der Waals surface area (Å²) < 4.78 is 5.64. The second-order valence-corrected chi connectivity index (χ2v) is 8.78. The molecule has 0 aliphatic carbocycles. The van der Waals surface area contributed by atoms with Crippen molar-refractivity contribution in [1.29, 1.82) is 0 Å². The Morgan fingerprint density at radius 3 is 2.50 bits per heavy atom. The molecule has 1 saturated heterocycles. The van der Waals surface area contributed by atoms with Gasteiger partial charge in [0, 0.05) is 43.7 Å². The Morgan fingerprint density at radius 1 is 1.06 bits per heavy atom. The lowest BCUT2D eigenvalue weighted by molar-refractivity contribution is -0.134. The van der Waals surface area contributed by atoms with E-state index >= 15 is 0 Å². The highest BCUT2D eigenvalue weighted by atomic mass is 16.5. The molecule has 1 unspecified atom stereocenters. The van der Waals surface area contributed by atoms with Crippen LogP contribution < -0.4 is 4.74 Å². The van der Waals surface area contributed by atoms with Crippen LogP contribution in [0.2, 0.25) is 0 Å². The van der Waals surface area contributed by atoms with Crippen LogP contribution in [0.5, 0.6) is 5.75 Å². The monoisotopic (exact) mass is 434 g/mol. The molecule has 2 heterocycles. The number of para-hydroxylation sites is 1. The van der Waals surface area contributed by atoms with Crippen LogP contribution >= 0.6 is 0 Å². The van der Waals surface area contributed by atoms with Crippen molar-refractivity contribution in [3.05, 3.63) is 64.7 Å². The minimum Gasteiger partial charge on any atom is -0.496 e. The molecule has 1 fully saturated rings. The van der Waals surface area contributed by atoms with Crippen LogP contribution in [0.1, 0.15) is 41.6 Å². The first kappa shape index (κ1) is 22.5. The molecule has 0 N–H and O–H groups in total. The van der Waals surface area contributed by atoms with E-state index in [1.807, 2.05) is 24.3 Å². The van der Waals surface area contributed by atoms with E-state index in [4.69, 9.17) is 9.84 Å². The van der Waals surface area contributed by atoms with E-state index in [-0.39, 0.29) is 11.9 Å². The Morgan fingerprint density at radius 2 is 1.78 bits per heavy atom. The van der Waals surface area contributed by atoms with Crippen LogP contribution in [0.25, 0.3) is 0 Å². The third-order valence-electron chi connectivity index (χ3n) is 6.64. The zero-order chi connectivity index (χ0) is 22.7. The molecule has 2 aliphatic heterocycles. The van der Waals surface area contributed by atoms with Gasteiger partial charge >= 0.3 is 0 Å². The molecule has 0 saturated carbocycles. The van der Waals surface area contributed by atoms with Crippen molar-refractivity contribution in [3.63, 3.8) is 0 Å². The smallest absolute Gasteiger partial charge is 0.257 e. The first-order chi connectivity index (χ1) is 15.5. The van der Waals surface area contributed by atoms with E-state index in [0.29, 0.717) is 13.0 Å². The maximum absolute atomic E-state index is 13.5. The first-order valence-electron chi connectivity index (χ1n) is 11.5. The fourth-order valence-corrected chi connectivity index (χ4v) is 4.66. The summed E-state index contributed by atoms with van der Waals surface area (Å²) in [5.41, 5.74) is 5.46. The van der Waals surface area contributed by atoms with Crippen LogP contribution in [0.15, 0.2) is 47.6 Å². The summed E-state index contributed by atoms with van der Waals surface area (Å²) in [6.07, 6.45) is 0.681. The van der Waals surface area contributed by atoms with Crippen molar-refractivity contribution in [3.8, 4) is 5.75 Å². The molecule has 0 aromatic heterocycles. The number of benzene rings is 2. The van der Waals surface area contributed by atoms with Crippen molar-refractivity contribution < 1.29 is 9.53 Å². The van der Waals surface area contributed by atoms with E-state index < -0.39 is 0 Å². The van der Waals surface area contributed by atoms with Crippen molar-refractivity contribution in [1.82, 2.24) is 14.8 Å². The van der Waals surface area contributed by atoms with Gasteiger partial charge < -0.3 is 9.64 Å². The fourth-order valence-electron chi connectivity index (χ4n) is 4.66. The average molecular weight is 435 g/mol. The van der Waals surface area contributed by atoms with Gasteiger partial charge in [-0.25, -0.2) is 5.01 Å². The maximum Gasteiger partial charge on any atom is 0.257 e. The Hall–Kier alpha value is -2.70. The number of hydrogen-bond acceptors (Lipinski definition) is 5.